The zero-order valence-electron chi connectivity index (χ0n) is 10.5. The van der Waals surface area contributed by atoms with Crippen LogP contribution in [0.3, 0.4) is 0 Å². The maximum Gasteiger partial charge on any atom is 0.270 e. The molecule has 2 aliphatic rings. The van der Waals surface area contributed by atoms with Crippen molar-refractivity contribution in [1.82, 2.24) is 20.0 Å². The van der Waals surface area contributed by atoms with E-state index < -0.39 is 0 Å². The van der Waals surface area contributed by atoms with Crippen LogP contribution in [0.25, 0.3) is 5.52 Å². The molecule has 4 rings (SSSR count). The number of fused-ring (bicyclic) bond motifs is 3. The predicted molar refractivity (Wildman–Crippen MR) is 71.0 cm³/mol. The molecule has 2 aromatic heterocycles. The van der Waals surface area contributed by atoms with Crippen LogP contribution < -0.4 is 10.6 Å². The molecule has 0 aliphatic carbocycles. The largest absolute Gasteiger partial charge is 0.346 e. The third-order valence-electron chi connectivity index (χ3n) is 4.27. The molecule has 2 fully saturated rings. The second kappa shape index (κ2) is 4.06. The van der Waals surface area contributed by atoms with Crippen molar-refractivity contribution in [3.05, 3.63) is 36.4 Å². The van der Waals surface area contributed by atoms with E-state index in [0.29, 0.717) is 17.8 Å². The van der Waals surface area contributed by atoms with Gasteiger partial charge in [-0.2, -0.15) is 0 Å². The number of amides is 1. The summed E-state index contributed by atoms with van der Waals surface area (Å²) < 4.78 is 1.90. The first-order valence-corrected chi connectivity index (χ1v) is 6.79. The zero-order chi connectivity index (χ0) is 12.8. The van der Waals surface area contributed by atoms with Crippen LogP contribution in [0.5, 0.6) is 0 Å². The van der Waals surface area contributed by atoms with Crippen molar-refractivity contribution < 1.29 is 4.79 Å². The van der Waals surface area contributed by atoms with E-state index in [0.717, 1.165) is 11.9 Å². The Labute approximate surface area is 111 Å². The van der Waals surface area contributed by atoms with Crippen molar-refractivity contribution in [3.8, 4) is 0 Å². The Kier molecular flexibility index (Phi) is 2.35. The summed E-state index contributed by atoms with van der Waals surface area (Å²) in [5.41, 5.74) is 1.49. The van der Waals surface area contributed by atoms with Gasteiger partial charge in [-0.1, -0.05) is 0 Å². The molecule has 98 valence electrons. The van der Waals surface area contributed by atoms with Gasteiger partial charge in [0.1, 0.15) is 5.69 Å². The molecule has 19 heavy (non-hydrogen) atoms. The Bertz CT molecular complexity index is 635. The summed E-state index contributed by atoms with van der Waals surface area (Å²) in [7, 11) is 0. The Balaban J connectivity index is 1.53. The van der Waals surface area contributed by atoms with Gasteiger partial charge in [-0.05, 0) is 37.5 Å². The van der Waals surface area contributed by atoms with E-state index in [4.69, 9.17) is 0 Å². The highest BCUT2D eigenvalue weighted by atomic mass is 16.2. The molecule has 5 nitrogen and oxygen atoms in total. The van der Waals surface area contributed by atoms with Crippen molar-refractivity contribution >= 4 is 11.4 Å². The van der Waals surface area contributed by atoms with E-state index in [1.807, 2.05) is 28.8 Å². The average Bonchev–Trinajstić information content (AvgIpc) is 3.13. The Morgan fingerprint density at radius 3 is 3.21 bits per heavy atom. The van der Waals surface area contributed by atoms with Gasteiger partial charge in [-0.3, -0.25) is 4.79 Å². The number of hydrogen-bond donors (Lipinski definition) is 2. The Morgan fingerprint density at radius 2 is 2.42 bits per heavy atom. The lowest BCUT2D eigenvalue weighted by Gasteiger charge is -2.21. The number of nitrogens with zero attached hydrogens (tertiary/aromatic N) is 2. The van der Waals surface area contributed by atoms with Crippen molar-refractivity contribution in [3.63, 3.8) is 0 Å². The minimum absolute atomic E-state index is 0.0666. The molecule has 3 atom stereocenters. The van der Waals surface area contributed by atoms with Crippen LogP contribution in [0.15, 0.2) is 30.7 Å². The molecule has 0 unspecified atom stereocenters. The average molecular weight is 256 g/mol. The predicted octanol–water partition coefficient (Wildman–Crippen LogP) is 0.957. The molecule has 4 heterocycles. The van der Waals surface area contributed by atoms with Crippen LogP contribution in [0.4, 0.5) is 0 Å². The van der Waals surface area contributed by atoms with E-state index in [-0.39, 0.29) is 11.9 Å². The molecule has 2 aromatic rings. The first-order valence-electron chi connectivity index (χ1n) is 6.79. The molecule has 1 amide bonds. The van der Waals surface area contributed by atoms with Crippen molar-refractivity contribution in [2.75, 3.05) is 0 Å². The van der Waals surface area contributed by atoms with Gasteiger partial charge in [0.15, 0.2) is 0 Å². The topological polar surface area (TPSA) is 58.4 Å². The van der Waals surface area contributed by atoms with Gasteiger partial charge in [0.2, 0.25) is 0 Å². The minimum atomic E-state index is -0.0666. The molecule has 0 radical (unpaired) electrons. The van der Waals surface area contributed by atoms with E-state index in [2.05, 4.69) is 15.6 Å². The lowest BCUT2D eigenvalue weighted by Crippen LogP contribution is -2.43. The molecule has 2 aliphatic heterocycles. The van der Waals surface area contributed by atoms with Crippen molar-refractivity contribution in [2.24, 2.45) is 0 Å². The van der Waals surface area contributed by atoms with Gasteiger partial charge in [0.05, 0.1) is 6.33 Å². The highest BCUT2D eigenvalue weighted by Gasteiger charge is 2.39. The summed E-state index contributed by atoms with van der Waals surface area (Å²) in [6.07, 6.45) is 7.06. The van der Waals surface area contributed by atoms with Crippen LogP contribution in [0, 0.1) is 0 Å². The van der Waals surface area contributed by atoms with Gasteiger partial charge >= 0.3 is 0 Å². The third kappa shape index (κ3) is 1.81. The molecular formula is C14H16N4O. The quantitative estimate of drug-likeness (QED) is 0.841. The Hall–Kier alpha value is -1.88. The second-order valence-corrected chi connectivity index (χ2v) is 5.48. The van der Waals surface area contributed by atoms with E-state index in [1.54, 1.807) is 6.33 Å². The number of rotatable bonds is 2. The van der Waals surface area contributed by atoms with E-state index >= 15 is 0 Å². The smallest absolute Gasteiger partial charge is 0.270 e. The summed E-state index contributed by atoms with van der Waals surface area (Å²) >= 11 is 0. The number of nitrogens with one attached hydrogen (secondary N) is 2. The lowest BCUT2D eigenvalue weighted by atomic mass is 9.95. The van der Waals surface area contributed by atoms with Crippen LogP contribution in [0.2, 0.25) is 0 Å². The SMILES string of the molecule is O=C(N[C@@H]1C[C@@H]2CC[C@H]1N2)c1cc2cccn2cn1. The summed E-state index contributed by atoms with van der Waals surface area (Å²) in [5.74, 6) is -0.0666. The van der Waals surface area contributed by atoms with Gasteiger partial charge in [-0.25, -0.2) is 4.98 Å². The molecule has 2 N–H and O–H groups in total. The number of carbonyl (C=O) groups excluding carboxylic acids is 1. The molecule has 2 saturated heterocycles. The molecule has 5 heteroatoms. The fourth-order valence-electron chi connectivity index (χ4n) is 3.29. The molecule has 2 bridgehead atoms. The van der Waals surface area contributed by atoms with Gasteiger partial charge in [-0.15, -0.1) is 0 Å². The van der Waals surface area contributed by atoms with Crippen LogP contribution in [-0.4, -0.2) is 33.4 Å². The monoisotopic (exact) mass is 256 g/mol. The maximum atomic E-state index is 12.2. The molecule has 0 spiro atoms. The second-order valence-electron chi connectivity index (χ2n) is 5.48. The number of hydrogen-bond acceptors (Lipinski definition) is 3. The summed E-state index contributed by atoms with van der Waals surface area (Å²) in [4.78, 5) is 16.4. The van der Waals surface area contributed by atoms with Gasteiger partial charge in [0.25, 0.3) is 5.91 Å². The maximum absolute atomic E-state index is 12.2. The van der Waals surface area contributed by atoms with E-state index in [1.165, 1.54) is 12.8 Å². The zero-order valence-corrected chi connectivity index (χ0v) is 10.5. The highest BCUT2D eigenvalue weighted by molar-refractivity contribution is 5.93. The van der Waals surface area contributed by atoms with Crippen molar-refractivity contribution in [2.45, 2.75) is 37.4 Å². The van der Waals surface area contributed by atoms with Crippen molar-refractivity contribution in [1.29, 1.82) is 0 Å². The normalized spacial score (nSPS) is 28.9. The van der Waals surface area contributed by atoms with Crippen LogP contribution in [-0.2, 0) is 0 Å². The highest BCUT2D eigenvalue weighted by Crippen LogP contribution is 2.28. The van der Waals surface area contributed by atoms with Gasteiger partial charge < -0.3 is 15.0 Å². The van der Waals surface area contributed by atoms with E-state index in [9.17, 15) is 4.79 Å². The first-order chi connectivity index (χ1) is 9.29. The summed E-state index contributed by atoms with van der Waals surface area (Å²) in [6.45, 7) is 0. The lowest BCUT2D eigenvalue weighted by molar-refractivity contribution is 0.0926. The summed E-state index contributed by atoms with van der Waals surface area (Å²) in [5, 5.41) is 6.63. The number of aromatic nitrogens is 2. The van der Waals surface area contributed by atoms with Gasteiger partial charge in [0, 0.05) is 29.8 Å². The Morgan fingerprint density at radius 1 is 1.47 bits per heavy atom. The standard InChI is InChI=1S/C14H16N4O/c19-14(17-12-6-9-3-4-11(12)16-9)13-7-10-2-1-5-18(10)8-15-13/h1-2,5,7-9,11-12,16H,3-4,6H2,(H,17,19)/t9-,11+,12+/m0/s1. The summed E-state index contributed by atoms with van der Waals surface area (Å²) in [6, 6.07) is 7.05. The fraction of sp³-hybridized carbons (Fsp3) is 0.429. The molecular weight excluding hydrogens is 240 g/mol. The first kappa shape index (κ1) is 11.0. The number of carbonyl (C=O) groups is 1. The van der Waals surface area contributed by atoms with Crippen LogP contribution >= 0.6 is 0 Å². The third-order valence-corrected chi connectivity index (χ3v) is 4.27. The van der Waals surface area contributed by atoms with Crippen LogP contribution in [0.1, 0.15) is 29.8 Å². The fourth-order valence-corrected chi connectivity index (χ4v) is 3.29. The molecule has 0 saturated carbocycles. The minimum Gasteiger partial charge on any atom is -0.346 e. The molecule has 0 aromatic carbocycles.